The minimum atomic E-state index is -0.968. The molecule has 3 rings (SSSR count). The lowest BCUT2D eigenvalue weighted by Gasteiger charge is -2.08. The number of nitrogens with one attached hydrogen (secondary N) is 1. The molecule has 3 aromatic rings. The number of ether oxygens (including phenoxy) is 1. The van der Waals surface area contributed by atoms with E-state index in [9.17, 15) is 13.6 Å². The molecule has 0 spiro atoms. The summed E-state index contributed by atoms with van der Waals surface area (Å²) in [6, 6.07) is 8.65. The number of benzene rings is 2. The lowest BCUT2D eigenvalue weighted by atomic mass is 10.3. The lowest BCUT2D eigenvalue weighted by molar-refractivity contribution is -0.117. The molecule has 0 radical (unpaired) electrons. The second-order valence-corrected chi connectivity index (χ2v) is 5.67. The molecule has 1 amide bonds. The van der Waals surface area contributed by atoms with E-state index in [-0.39, 0.29) is 12.3 Å². The average Bonchev–Trinajstić information content (AvgIpc) is 2.94. The zero-order valence-electron chi connectivity index (χ0n) is 14.1. The van der Waals surface area contributed by atoms with Gasteiger partial charge < -0.3 is 20.4 Å². The molecule has 0 fully saturated rings. The number of imidazole rings is 1. The van der Waals surface area contributed by atoms with E-state index in [1.54, 1.807) is 18.2 Å². The fourth-order valence-electron chi connectivity index (χ4n) is 2.68. The highest BCUT2D eigenvalue weighted by atomic mass is 19.2. The predicted molar refractivity (Wildman–Crippen MR) is 92.7 cm³/mol. The Bertz CT molecular complexity index is 956. The molecule has 1 heterocycles. The maximum Gasteiger partial charge on any atom is 0.231 e. The fourth-order valence-corrected chi connectivity index (χ4v) is 2.68. The number of hydrogen-bond acceptors (Lipinski definition) is 4. The molecule has 0 aliphatic heterocycles. The summed E-state index contributed by atoms with van der Waals surface area (Å²) in [7, 11) is 0. The molecule has 0 aliphatic carbocycles. The third kappa shape index (κ3) is 3.80. The Hall–Kier alpha value is -3.00. The third-order valence-corrected chi connectivity index (χ3v) is 3.82. The second-order valence-electron chi connectivity index (χ2n) is 5.67. The highest BCUT2D eigenvalue weighted by Gasteiger charge is 2.12. The van der Waals surface area contributed by atoms with Crippen molar-refractivity contribution in [1.29, 1.82) is 0 Å². The Kier molecular flexibility index (Phi) is 5.13. The average molecular weight is 360 g/mol. The van der Waals surface area contributed by atoms with Crippen molar-refractivity contribution >= 4 is 16.9 Å². The zero-order chi connectivity index (χ0) is 18.7. The highest BCUT2D eigenvalue weighted by Crippen LogP contribution is 2.27. The van der Waals surface area contributed by atoms with Gasteiger partial charge in [0, 0.05) is 18.7 Å². The Balaban J connectivity index is 1.87. The standard InChI is InChI=1S/C18H18F2N4O2/c1-2-24-16-8-12(26-11-3-5-13(19)14(20)7-11)4-6-15(16)23-18(24)10-22-9-17(21)25/h3-8,22H,2,9-10H2,1H3,(H2,21,25). The molecule has 0 atom stereocenters. The number of aryl methyl sites for hydroxylation is 1. The summed E-state index contributed by atoms with van der Waals surface area (Å²) >= 11 is 0. The molecule has 6 nitrogen and oxygen atoms in total. The number of primary amides is 1. The number of rotatable bonds is 7. The van der Waals surface area contributed by atoms with E-state index >= 15 is 0 Å². The number of carbonyl (C=O) groups is 1. The normalized spacial score (nSPS) is 11.0. The van der Waals surface area contributed by atoms with Gasteiger partial charge in [-0.05, 0) is 31.2 Å². The van der Waals surface area contributed by atoms with E-state index in [4.69, 9.17) is 10.5 Å². The van der Waals surface area contributed by atoms with Crippen LogP contribution >= 0.6 is 0 Å². The minimum Gasteiger partial charge on any atom is -0.457 e. The molecule has 2 aromatic carbocycles. The summed E-state index contributed by atoms with van der Waals surface area (Å²) in [5.41, 5.74) is 6.72. The van der Waals surface area contributed by atoms with Gasteiger partial charge >= 0.3 is 0 Å². The van der Waals surface area contributed by atoms with Gasteiger partial charge in [0.05, 0.1) is 24.1 Å². The van der Waals surface area contributed by atoms with Crippen LogP contribution < -0.4 is 15.8 Å². The SMILES string of the molecule is CCn1c(CNCC(N)=O)nc2ccc(Oc3ccc(F)c(F)c3)cc21. The number of nitrogens with two attached hydrogens (primary N) is 1. The Morgan fingerprint density at radius 2 is 1.92 bits per heavy atom. The monoisotopic (exact) mass is 360 g/mol. The molecule has 3 N–H and O–H groups in total. The summed E-state index contributed by atoms with van der Waals surface area (Å²) in [6.45, 7) is 3.10. The largest absolute Gasteiger partial charge is 0.457 e. The second kappa shape index (κ2) is 7.49. The first-order valence-electron chi connectivity index (χ1n) is 8.09. The number of fused-ring (bicyclic) bond motifs is 1. The number of amides is 1. The maximum atomic E-state index is 13.3. The van der Waals surface area contributed by atoms with Crippen LogP contribution in [0, 0.1) is 11.6 Å². The van der Waals surface area contributed by atoms with Crippen molar-refractivity contribution in [2.24, 2.45) is 5.73 Å². The van der Waals surface area contributed by atoms with E-state index < -0.39 is 17.5 Å². The molecule has 0 saturated heterocycles. The van der Waals surface area contributed by atoms with Crippen molar-refractivity contribution in [3.05, 3.63) is 53.9 Å². The van der Waals surface area contributed by atoms with Crippen LogP contribution in [0.5, 0.6) is 11.5 Å². The first kappa shape index (κ1) is 17.8. The summed E-state index contributed by atoms with van der Waals surface area (Å²) < 4.78 is 33.9. The molecular formula is C18H18F2N4O2. The maximum absolute atomic E-state index is 13.3. The molecular weight excluding hydrogens is 342 g/mol. The molecule has 0 unspecified atom stereocenters. The van der Waals surface area contributed by atoms with Gasteiger partial charge in [0.25, 0.3) is 0 Å². The molecule has 1 aromatic heterocycles. The van der Waals surface area contributed by atoms with Crippen LogP contribution in [-0.2, 0) is 17.9 Å². The molecule has 0 bridgehead atoms. The number of carbonyl (C=O) groups excluding carboxylic acids is 1. The zero-order valence-corrected chi connectivity index (χ0v) is 14.1. The highest BCUT2D eigenvalue weighted by molar-refractivity contribution is 5.78. The van der Waals surface area contributed by atoms with Gasteiger partial charge in [-0.1, -0.05) is 0 Å². The number of aromatic nitrogens is 2. The van der Waals surface area contributed by atoms with Gasteiger partial charge in [-0.2, -0.15) is 0 Å². The first-order valence-corrected chi connectivity index (χ1v) is 8.09. The molecule has 0 aliphatic rings. The topological polar surface area (TPSA) is 82.2 Å². The fraction of sp³-hybridized carbons (Fsp3) is 0.222. The molecule has 8 heteroatoms. The van der Waals surface area contributed by atoms with Gasteiger partial charge in [-0.3, -0.25) is 4.79 Å². The van der Waals surface area contributed by atoms with Crippen LogP contribution in [-0.4, -0.2) is 22.0 Å². The number of nitrogens with zero attached hydrogens (tertiary/aromatic N) is 2. The third-order valence-electron chi connectivity index (χ3n) is 3.82. The van der Waals surface area contributed by atoms with Crippen molar-refractivity contribution in [3.63, 3.8) is 0 Å². The van der Waals surface area contributed by atoms with Gasteiger partial charge in [-0.25, -0.2) is 13.8 Å². The van der Waals surface area contributed by atoms with Crippen molar-refractivity contribution < 1.29 is 18.3 Å². The van der Waals surface area contributed by atoms with E-state index in [1.165, 1.54) is 6.07 Å². The van der Waals surface area contributed by atoms with Crippen LogP contribution in [0.3, 0.4) is 0 Å². The molecule has 26 heavy (non-hydrogen) atoms. The van der Waals surface area contributed by atoms with Crippen LogP contribution in [0.1, 0.15) is 12.7 Å². The van der Waals surface area contributed by atoms with Gasteiger partial charge in [0.2, 0.25) is 5.91 Å². The Morgan fingerprint density at radius 1 is 1.19 bits per heavy atom. The number of hydrogen-bond donors (Lipinski definition) is 2. The van der Waals surface area contributed by atoms with Crippen molar-refractivity contribution in [3.8, 4) is 11.5 Å². The van der Waals surface area contributed by atoms with Crippen LogP contribution in [0.15, 0.2) is 36.4 Å². The Labute approximate surface area is 148 Å². The first-order chi connectivity index (χ1) is 12.5. The van der Waals surface area contributed by atoms with E-state index in [2.05, 4.69) is 10.3 Å². The van der Waals surface area contributed by atoms with Crippen molar-refractivity contribution in [2.45, 2.75) is 20.0 Å². The summed E-state index contributed by atoms with van der Waals surface area (Å²) in [5.74, 6) is -0.890. The van der Waals surface area contributed by atoms with Crippen LogP contribution in [0.4, 0.5) is 8.78 Å². The molecule has 0 saturated carbocycles. The quantitative estimate of drug-likeness (QED) is 0.679. The van der Waals surface area contributed by atoms with Crippen LogP contribution in [0.25, 0.3) is 11.0 Å². The lowest BCUT2D eigenvalue weighted by Crippen LogP contribution is -2.29. The van der Waals surface area contributed by atoms with Gasteiger partial charge in [-0.15, -0.1) is 0 Å². The summed E-state index contributed by atoms with van der Waals surface area (Å²) in [4.78, 5) is 15.4. The smallest absolute Gasteiger partial charge is 0.231 e. The summed E-state index contributed by atoms with van der Waals surface area (Å²) in [6.07, 6.45) is 0. The Morgan fingerprint density at radius 3 is 2.62 bits per heavy atom. The number of halogens is 2. The van der Waals surface area contributed by atoms with E-state index in [1.807, 2.05) is 11.5 Å². The van der Waals surface area contributed by atoms with E-state index in [0.717, 1.165) is 29.0 Å². The van der Waals surface area contributed by atoms with E-state index in [0.29, 0.717) is 18.8 Å². The summed E-state index contributed by atoms with van der Waals surface area (Å²) in [5, 5.41) is 2.94. The minimum absolute atomic E-state index is 0.0669. The van der Waals surface area contributed by atoms with Gasteiger partial charge in [0.15, 0.2) is 11.6 Å². The predicted octanol–water partition coefficient (Wildman–Crippen LogP) is 2.70. The van der Waals surface area contributed by atoms with Crippen LogP contribution in [0.2, 0.25) is 0 Å². The van der Waals surface area contributed by atoms with Crippen molar-refractivity contribution in [1.82, 2.24) is 14.9 Å². The molecule has 136 valence electrons. The van der Waals surface area contributed by atoms with Crippen molar-refractivity contribution in [2.75, 3.05) is 6.54 Å². The van der Waals surface area contributed by atoms with Gasteiger partial charge in [0.1, 0.15) is 17.3 Å².